The molecule has 106 valence electrons. The molecule has 1 rings (SSSR count). The molecule has 0 aliphatic heterocycles. The van der Waals surface area contributed by atoms with Gasteiger partial charge in [0.05, 0.1) is 0 Å². The molecule has 1 atom stereocenters. The third-order valence-electron chi connectivity index (χ3n) is 2.34. The number of nitrogens with zero attached hydrogens (tertiary/aromatic N) is 2. The van der Waals surface area contributed by atoms with Crippen molar-refractivity contribution >= 4 is 15.7 Å². The van der Waals surface area contributed by atoms with Crippen LogP contribution in [0.1, 0.15) is 33.3 Å². The fraction of sp³-hybridized carbons (Fsp3) is 0.583. The summed E-state index contributed by atoms with van der Waals surface area (Å²) in [6.45, 7) is 8.44. The number of aromatic nitrogens is 2. The van der Waals surface area contributed by atoms with E-state index in [-0.39, 0.29) is 5.16 Å². The molecule has 0 radical (unpaired) electrons. The minimum atomic E-state index is -3.86. The first-order chi connectivity index (χ1) is 8.54. The minimum Gasteiger partial charge on any atom is -0.350 e. The van der Waals surface area contributed by atoms with E-state index in [0.29, 0.717) is 0 Å². The van der Waals surface area contributed by atoms with Gasteiger partial charge in [-0.1, -0.05) is 0 Å². The van der Waals surface area contributed by atoms with Crippen LogP contribution in [0.3, 0.4) is 0 Å². The van der Waals surface area contributed by atoms with Crippen molar-refractivity contribution in [1.82, 2.24) is 15.3 Å². The molecule has 1 heterocycles. The Morgan fingerprint density at radius 1 is 1.26 bits per heavy atom. The van der Waals surface area contributed by atoms with Crippen LogP contribution in [-0.2, 0) is 14.6 Å². The first-order valence-corrected chi connectivity index (χ1v) is 7.43. The molecule has 0 saturated heterocycles. The Kier molecular flexibility index (Phi) is 4.29. The van der Waals surface area contributed by atoms with Crippen LogP contribution in [0.4, 0.5) is 0 Å². The zero-order valence-electron chi connectivity index (χ0n) is 11.8. The van der Waals surface area contributed by atoms with Crippen molar-refractivity contribution in [1.29, 1.82) is 0 Å². The van der Waals surface area contributed by atoms with Crippen LogP contribution < -0.4 is 5.32 Å². The number of nitrogens with one attached hydrogen (secondary N) is 1. The maximum atomic E-state index is 12.2. The van der Waals surface area contributed by atoms with E-state index in [1.54, 1.807) is 27.7 Å². The Hall–Kier alpha value is -1.50. The Morgan fingerprint density at radius 3 is 2.16 bits per heavy atom. The highest BCUT2D eigenvalue weighted by molar-refractivity contribution is 7.92. The van der Waals surface area contributed by atoms with E-state index < -0.39 is 26.5 Å². The van der Waals surface area contributed by atoms with E-state index in [4.69, 9.17) is 0 Å². The second-order valence-electron chi connectivity index (χ2n) is 5.47. The molecule has 1 amide bonds. The van der Waals surface area contributed by atoms with Crippen molar-refractivity contribution in [3.8, 4) is 0 Å². The fourth-order valence-electron chi connectivity index (χ4n) is 1.30. The number of carbonyl (C=O) groups excluding carboxylic acids is 1. The maximum Gasteiger partial charge on any atom is 0.247 e. The molecule has 6 nitrogen and oxygen atoms in total. The molecular formula is C12H19N3O3S. The van der Waals surface area contributed by atoms with Gasteiger partial charge in [0.15, 0.2) is 0 Å². The number of hydrogen-bond donors (Lipinski definition) is 1. The van der Waals surface area contributed by atoms with Crippen LogP contribution in [0.2, 0.25) is 0 Å². The molecule has 0 aliphatic rings. The summed E-state index contributed by atoms with van der Waals surface area (Å²) in [5.74, 6) is -0.559. The van der Waals surface area contributed by atoms with Crippen LogP contribution in [0.25, 0.3) is 0 Å². The zero-order valence-corrected chi connectivity index (χ0v) is 12.6. The van der Waals surface area contributed by atoms with Gasteiger partial charge in [-0.2, -0.15) is 0 Å². The van der Waals surface area contributed by atoms with Crippen LogP contribution in [0, 0.1) is 6.92 Å². The van der Waals surface area contributed by atoms with Gasteiger partial charge in [0, 0.05) is 17.9 Å². The second-order valence-corrected chi connectivity index (χ2v) is 7.63. The van der Waals surface area contributed by atoms with E-state index >= 15 is 0 Å². The number of aryl methyl sites for hydroxylation is 1. The SMILES string of the molecule is Cc1cnc(S(=O)(=O)[C@@H](C)C(=O)NC(C)(C)C)nc1. The monoisotopic (exact) mass is 285 g/mol. The molecule has 19 heavy (non-hydrogen) atoms. The molecule has 7 heteroatoms. The number of hydrogen-bond acceptors (Lipinski definition) is 5. The first kappa shape index (κ1) is 15.6. The molecule has 0 unspecified atom stereocenters. The van der Waals surface area contributed by atoms with Crippen LogP contribution in [-0.4, -0.2) is 35.1 Å². The van der Waals surface area contributed by atoms with E-state index in [2.05, 4.69) is 15.3 Å². The van der Waals surface area contributed by atoms with Gasteiger partial charge in [-0.3, -0.25) is 4.79 Å². The Morgan fingerprint density at radius 2 is 1.74 bits per heavy atom. The average Bonchev–Trinajstić information content (AvgIpc) is 2.26. The smallest absolute Gasteiger partial charge is 0.247 e. The number of rotatable bonds is 3. The summed E-state index contributed by atoms with van der Waals surface area (Å²) in [6.07, 6.45) is 2.82. The molecule has 0 spiro atoms. The maximum absolute atomic E-state index is 12.2. The second kappa shape index (κ2) is 5.24. The predicted molar refractivity (Wildman–Crippen MR) is 71.3 cm³/mol. The van der Waals surface area contributed by atoms with E-state index in [0.717, 1.165) is 5.56 Å². The number of sulfone groups is 1. The quantitative estimate of drug-likeness (QED) is 0.832. The fourth-order valence-corrected chi connectivity index (χ4v) is 2.35. The van der Waals surface area contributed by atoms with Gasteiger partial charge < -0.3 is 5.32 Å². The van der Waals surface area contributed by atoms with E-state index in [9.17, 15) is 13.2 Å². The van der Waals surface area contributed by atoms with Crippen molar-refractivity contribution in [2.75, 3.05) is 0 Å². The molecule has 1 aromatic heterocycles. The molecule has 0 fully saturated rings. The lowest BCUT2D eigenvalue weighted by molar-refractivity contribution is -0.121. The zero-order chi connectivity index (χ0) is 14.8. The summed E-state index contributed by atoms with van der Waals surface area (Å²) < 4.78 is 24.4. The van der Waals surface area contributed by atoms with Crippen molar-refractivity contribution < 1.29 is 13.2 Å². The molecule has 0 aromatic carbocycles. The molecular weight excluding hydrogens is 266 g/mol. The summed E-state index contributed by atoms with van der Waals surface area (Å²) in [7, 11) is -3.86. The van der Waals surface area contributed by atoms with Gasteiger partial charge in [0.2, 0.25) is 20.9 Å². The highest BCUT2D eigenvalue weighted by Gasteiger charge is 2.33. The minimum absolute atomic E-state index is 0.324. The largest absolute Gasteiger partial charge is 0.350 e. The number of carbonyl (C=O) groups is 1. The van der Waals surface area contributed by atoms with Crippen molar-refractivity contribution in [3.63, 3.8) is 0 Å². The standard InChI is InChI=1S/C12H19N3O3S/c1-8-6-13-11(14-7-8)19(17,18)9(2)10(16)15-12(3,4)5/h6-7,9H,1-5H3,(H,15,16)/t9-/m0/s1. The lowest BCUT2D eigenvalue weighted by atomic mass is 10.1. The molecule has 0 saturated carbocycles. The summed E-state index contributed by atoms with van der Waals surface area (Å²) in [5, 5.41) is 1.08. The van der Waals surface area contributed by atoms with Gasteiger partial charge in [0.1, 0.15) is 5.25 Å². The van der Waals surface area contributed by atoms with Gasteiger partial charge in [-0.15, -0.1) is 0 Å². The Balaban J connectivity index is 3.00. The third-order valence-corrected chi connectivity index (χ3v) is 4.21. The van der Waals surface area contributed by atoms with Crippen molar-refractivity contribution in [2.24, 2.45) is 0 Å². The summed E-state index contributed by atoms with van der Waals surface area (Å²) in [6, 6.07) is 0. The molecule has 0 bridgehead atoms. The van der Waals surface area contributed by atoms with Crippen LogP contribution in [0.15, 0.2) is 17.6 Å². The van der Waals surface area contributed by atoms with Crippen LogP contribution in [0.5, 0.6) is 0 Å². The highest BCUT2D eigenvalue weighted by Crippen LogP contribution is 2.12. The first-order valence-electron chi connectivity index (χ1n) is 5.88. The lowest BCUT2D eigenvalue weighted by Gasteiger charge is -2.22. The Labute approximate surface area is 113 Å². The molecule has 1 N–H and O–H groups in total. The molecule has 1 aromatic rings. The van der Waals surface area contributed by atoms with Gasteiger partial charge in [-0.05, 0) is 40.2 Å². The van der Waals surface area contributed by atoms with Gasteiger partial charge in [0.25, 0.3) is 0 Å². The topological polar surface area (TPSA) is 89.0 Å². The van der Waals surface area contributed by atoms with Crippen LogP contribution >= 0.6 is 0 Å². The lowest BCUT2D eigenvalue weighted by Crippen LogP contribution is -2.47. The van der Waals surface area contributed by atoms with E-state index in [1.165, 1.54) is 19.3 Å². The number of amides is 1. The van der Waals surface area contributed by atoms with Crippen molar-refractivity contribution in [3.05, 3.63) is 18.0 Å². The normalized spacial score (nSPS) is 13.9. The highest BCUT2D eigenvalue weighted by atomic mass is 32.2. The third kappa shape index (κ3) is 3.99. The summed E-state index contributed by atoms with van der Waals surface area (Å²) in [5.41, 5.74) is 0.264. The molecule has 0 aliphatic carbocycles. The van der Waals surface area contributed by atoms with E-state index in [1.807, 2.05) is 0 Å². The average molecular weight is 285 g/mol. The van der Waals surface area contributed by atoms with Crippen molar-refractivity contribution in [2.45, 2.75) is 50.6 Å². The summed E-state index contributed by atoms with van der Waals surface area (Å²) >= 11 is 0. The van der Waals surface area contributed by atoms with Gasteiger partial charge in [-0.25, -0.2) is 18.4 Å². The summed E-state index contributed by atoms with van der Waals surface area (Å²) in [4.78, 5) is 19.4. The Bertz CT molecular complexity index is 559. The predicted octanol–water partition coefficient (Wildman–Crippen LogP) is 0.862. The van der Waals surface area contributed by atoms with Gasteiger partial charge >= 0.3 is 0 Å².